The van der Waals surface area contributed by atoms with Crippen LogP contribution in [0.25, 0.3) is 0 Å². The molecule has 0 aromatic heterocycles. The monoisotopic (exact) mass is 928 g/mol. The predicted molar refractivity (Wildman–Crippen MR) is 106 cm³/mol. The summed E-state index contributed by atoms with van der Waals surface area (Å²) in [4.78, 5) is 0. The number of fused-ring (bicyclic) bond motifs is 4. The molecule has 7 unspecified atom stereocenters. The Balaban J connectivity index is 0.000000585. The fourth-order valence-electron chi connectivity index (χ4n) is 3.43. The SMILES string of the molecule is OCC12COC([CH-]CO1)C2O.[2H]CC12COC([CH-]CO1)C2OP(C)OCCC#N.[3H]OC.[U].[U]. The largest absolute Gasteiger partial charge is 0.404 e. The molecule has 0 spiro atoms. The van der Waals surface area contributed by atoms with Gasteiger partial charge in [-0.15, -0.1) is 0 Å². The van der Waals surface area contributed by atoms with E-state index in [1.807, 2.05) is 19.2 Å². The average Bonchev–Trinajstić information content (AvgIpc) is 3.09. The van der Waals surface area contributed by atoms with Crippen LogP contribution in [0.4, 0.5) is 0 Å². The normalized spacial score (nSPS) is 38.1. The van der Waals surface area contributed by atoms with Gasteiger partial charge < -0.3 is 43.3 Å². The summed E-state index contributed by atoms with van der Waals surface area (Å²) in [6, 6.07) is 2.02. The Hall–Kier alpha value is 1.66. The van der Waals surface area contributed by atoms with Crippen molar-refractivity contribution in [2.75, 3.05) is 53.4 Å². The number of hydrogen-bond donors (Lipinski definition) is 3. The van der Waals surface area contributed by atoms with E-state index in [0.29, 0.717) is 32.8 Å². The Labute approximate surface area is 241 Å². The van der Waals surface area contributed by atoms with Gasteiger partial charge >= 0.3 is 0 Å². The summed E-state index contributed by atoms with van der Waals surface area (Å²) in [7, 11) is 0.211. The Morgan fingerprint density at radius 3 is 2.56 bits per heavy atom. The van der Waals surface area contributed by atoms with E-state index in [4.69, 9.17) is 41.2 Å². The number of nitriles is 1. The minimum absolute atomic E-state index is 0. The van der Waals surface area contributed by atoms with Crippen LogP contribution in [0.5, 0.6) is 0 Å². The van der Waals surface area contributed by atoms with E-state index in [0.717, 1.165) is 0 Å². The second-order valence-corrected chi connectivity index (χ2v) is 8.43. The second kappa shape index (κ2) is 16.4. The van der Waals surface area contributed by atoms with Crippen molar-refractivity contribution in [2.24, 2.45) is 0 Å². The van der Waals surface area contributed by atoms with E-state index < -0.39 is 25.7 Å². The van der Waals surface area contributed by atoms with E-state index in [1.54, 1.807) is 6.42 Å². The van der Waals surface area contributed by atoms with Crippen molar-refractivity contribution in [3.05, 3.63) is 12.8 Å². The maximum Gasteiger partial charge on any atom is 0.210 e. The molecule has 0 amide bonds. The molecular weight excluding hydrogens is 893 g/mol. The van der Waals surface area contributed by atoms with Crippen LogP contribution in [0, 0.1) is 86.4 Å². The Kier molecular flexibility index (Phi) is 15.3. The predicted octanol–water partition coefficient (Wildman–Crippen LogP) is -0.0442. The van der Waals surface area contributed by atoms with Gasteiger partial charge in [-0.3, -0.25) is 12.8 Å². The minimum atomic E-state index is -1.08. The number of aliphatic hydroxyl groups is 3. The topological polar surface area (TPSA) is 140 Å². The van der Waals surface area contributed by atoms with Gasteiger partial charge in [0, 0.05) is 77.4 Å². The average molecular weight is 929 g/mol. The molecule has 0 saturated carbocycles. The third-order valence-corrected chi connectivity index (χ3v) is 6.19. The molecule has 0 aromatic rings. The quantitative estimate of drug-likeness (QED) is 0.189. The van der Waals surface area contributed by atoms with E-state index in [-0.39, 0.29) is 101 Å². The molecule has 4 bridgehead atoms. The number of aliphatic hydroxyl groups excluding tert-OH is 3. The van der Waals surface area contributed by atoms with Crippen LogP contribution in [0.1, 0.15) is 14.7 Å². The standard InChI is InChI=1S/C11H17NO4P.C7H11O4.CH4O.2U/c1-11-8-13-9(4-7-14-11)10(11)16-17(2)15-6-3-5-12;8-3-7-4-10-5(6(7)9)1-2-11-7;1-2;;/h4,9-10H,3,6-8H2,1-2H3;1,5-6,8-9H,2-4H2;2H,1H3;;/q2*-1;;;/i1D;;2T;;. The zero-order valence-corrected chi connectivity index (χ0v) is 27.5. The molecule has 4 heterocycles. The molecule has 3 N–H and O–H groups in total. The molecule has 182 valence electrons. The van der Waals surface area contributed by atoms with Gasteiger partial charge in [-0.05, 0) is 19.1 Å². The van der Waals surface area contributed by atoms with E-state index in [2.05, 4.69) is 5.11 Å². The Morgan fingerprint density at radius 2 is 1.94 bits per heavy atom. The maximum absolute atomic E-state index is 9.52. The summed E-state index contributed by atoms with van der Waals surface area (Å²) in [5.74, 6) is 0. The fourth-order valence-corrected chi connectivity index (χ4v) is 4.47. The van der Waals surface area contributed by atoms with Crippen LogP contribution in [0.3, 0.4) is 0 Å². The van der Waals surface area contributed by atoms with Crippen LogP contribution < -0.4 is 0 Å². The zero-order valence-electron chi connectivity index (χ0n) is 20.3. The van der Waals surface area contributed by atoms with Gasteiger partial charge in [-0.2, -0.15) is 5.26 Å². The van der Waals surface area contributed by atoms with Crippen LogP contribution >= 0.6 is 8.38 Å². The number of nitrogens with zero attached hydrogens (tertiary/aromatic N) is 1. The molecule has 10 nitrogen and oxygen atoms in total. The molecular formula is C19H32NO9PU2-2. The zero-order chi connectivity index (χ0) is 23.6. The van der Waals surface area contributed by atoms with Crippen LogP contribution in [0.15, 0.2) is 0 Å². The summed E-state index contributed by atoms with van der Waals surface area (Å²) >= 11 is 0. The first-order valence-corrected chi connectivity index (χ1v) is 11.2. The van der Waals surface area contributed by atoms with Crippen molar-refractivity contribution >= 4 is 8.38 Å². The number of hydrogen-bond acceptors (Lipinski definition) is 10. The Morgan fingerprint density at radius 1 is 1.28 bits per heavy atom. The first-order chi connectivity index (χ1) is 15.4. The molecule has 4 saturated heterocycles. The van der Waals surface area contributed by atoms with Gasteiger partial charge in [0.1, 0.15) is 11.2 Å². The van der Waals surface area contributed by atoms with Crippen LogP contribution in [-0.4, -0.2) is 106 Å². The summed E-state index contributed by atoms with van der Waals surface area (Å²) in [5, 5.41) is 30.4. The molecule has 0 radical (unpaired) electrons. The summed E-state index contributed by atoms with van der Waals surface area (Å²) in [6.07, 6.45) is 2.69. The van der Waals surface area contributed by atoms with Gasteiger partial charge in [0.2, 0.25) is 1.43 Å². The molecule has 4 rings (SSSR count). The van der Waals surface area contributed by atoms with Crippen molar-refractivity contribution in [3.63, 3.8) is 0 Å². The number of ether oxygens (including phenoxy) is 4. The third-order valence-electron chi connectivity index (χ3n) is 5.12. The molecule has 32 heavy (non-hydrogen) atoms. The summed E-state index contributed by atoms with van der Waals surface area (Å²) < 4.78 is 46.3. The molecule has 4 aliphatic heterocycles. The number of rotatable bonds is 6. The molecule has 4 aliphatic rings. The smallest absolute Gasteiger partial charge is 0.210 e. The van der Waals surface area contributed by atoms with E-state index in [9.17, 15) is 5.11 Å². The van der Waals surface area contributed by atoms with Crippen LogP contribution in [0.2, 0.25) is 0 Å². The van der Waals surface area contributed by atoms with Crippen molar-refractivity contribution in [2.45, 2.75) is 48.9 Å². The summed E-state index contributed by atoms with van der Waals surface area (Å²) in [5.41, 5.74) is -1.51. The molecule has 13 heteroatoms. The van der Waals surface area contributed by atoms with Crippen molar-refractivity contribution in [3.8, 4) is 6.07 Å². The van der Waals surface area contributed by atoms with Gasteiger partial charge in [0.05, 0.1) is 51.1 Å². The third kappa shape index (κ3) is 8.36. The minimum Gasteiger partial charge on any atom is -0.404 e. The molecule has 7 atom stereocenters. The second-order valence-electron chi connectivity index (χ2n) is 7.08. The first kappa shape index (κ1) is 29.9. The summed E-state index contributed by atoms with van der Waals surface area (Å²) in [6.45, 7) is 3.77. The van der Waals surface area contributed by atoms with Crippen LogP contribution in [-0.2, 0) is 28.0 Å². The van der Waals surface area contributed by atoms with E-state index >= 15 is 0 Å². The van der Waals surface area contributed by atoms with Gasteiger partial charge in [0.25, 0.3) is 0 Å². The Bertz CT molecular complexity index is 607. The fraction of sp³-hybridized carbons (Fsp3) is 0.842. The van der Waals surface area contributed by atoms with Crippen molar-refractivity contribution < 1.29 is 107 Å². The maximum atomic E-state index is 9.52. The first-order valence-electron chi connectivity index (χ1n) is 10.7. The van der Waals surface area contributed by atoms with E-state index in [1.165, 1.54) is 7.11 Å². The van der Waals surface area contributed by atoms with Gasteiger partial charge in [-0.25, -0.2) is 0 Å². The molecule has 4 fully saturated rings. The molecule has 0 aliphatic carbocycles. The molecule has 0 aromatic carbocycles. The van der Waals surface area contributed by atoms with Gasteiger partial charge in [0.15, 0.2) is 8.38 Å². The van der Waals surface area contributed by atoms with Crippen molar-refractivity contribution in [1.82, 2.24) is 0 Å². The van der Waals surface area contributed by atoms with Gasteiger partial charge in [-0.1, -0.05) is 13.2 Å². The van der Waals surface area contributed by atoms with Crippen molar-refractivity contribution in [1.29, 1.82) is 6.69 Å².